The molecule has 0 saturated heterocycles. The van der Waals surface area contributed by atoms with E-state index in [0.717, 1.165) is 12.0 Å². The third-order valence-corrected chi connectivity index (χ3v) is 1.97. The number of aryl methyl sites for hydroxylation is 1. The highest BCUT2D eigenvalue weighted by atomic mass is 16.1. The summed E-state index contributed by atoms with van der Waals surface area (Å²) in [5, 5.41) is 7.52. The summed E-state index contributed by atoms with van der Waals surface area (Å²) in [6.45, 7) is 0. The Kier molecular flexibility index (Phi) is 1.27. The van der Waals surface area contributed by atoms with Gasteiger partial charge in [0.25, 0.3) is 0 Å². The first-order valence-corrected chi connectivity index (χ1v) is 3.67. The summed E-state index contributed by atoms with van der Waals surface area (Å²) in [6, 6.07) is 0. The average molecular weight is 151 g/mol. The molecule has 0 radical (unpaired) electrons. The van der Waals surface area contributed by atoms with E-state index in [1.807, 2.05) is 7.05 Å². The Bertz CT molecular complexity index is 288. The number of nitrogens with zero attached hydrogens (tertiary/aromatic N) is 3. The molecule has 1 heterocycles. The van der Waals surface area contributed by atoms with Crippen molar-refractivity contribution in [1.29, 1.82) is 0 Å². The lowest BCUT2D eigenvalue weighted by molar-refractivity contribution is 0.111. The molecule has 1 aromatic rings. The minimum absolute atomic E-state index is 0.509. The predicted molar refractivity (Wildman–Crippen MR) is 38.4 cm³/mol. The second kappa shape index (κ2) is 2.15. The van der Waals surface area contributed by atoms with Crippen molar-refractivity contribution in [3.8, 4) is 0 Å². The molecule has 4 nitrogen and oxygen atoms in total. The molecule has 0 spiro atoms. The Hall–Kier alpha value is -1.19. The molecular formula is C7H9N3O. The number of carbonyl (C=O) groups is 1. The maximum atomic E-state index is 10.5. The van der Waals surface area contributed by atoms with Crippen LogP contribution in [0.15, 0.2) is 0 Å². The van der Waals surface area contributed by atoms with Crippen molar-refractivity contribution in [2.75, 3.05) is 0 Å². The van der Waals surface area contributed by atoms with Gasteiger partial charge < -0.3 is 0 Å². The van der Waals surface area contributed by atoms with Crippen LogP contribution in [0.1, 0.15) is 34.9 Å². The highest BCUT2D eigenvalue weighted by molar-refractivity contribution is 5.73. The van der Waals surface area contributed by atoms with Crippen LogP contribution >= 0.6 is 0 Å². The Balaban J connectivity index is 2.46. The number of aldehydes is 1. The van der Waals surface area contributed by atoms with Crippen molar-refractivity contribution in [2.24, 2.45) is 7.05 Å². The fourth-order valence-corrected chi connectivity index (χ4v) is 1.29. The molecule has 1 saturated carbocycles. The van der Waals surface area contributed by atoms with E-state index in [-0.39, 0.29) is 0 Å². The SMILES string of the molecule is Cn1nnc(C=O)c1C1CC1. The summed E-state index contributed by atoms with van der Waals surface area (Å²) in [7, 11) is 1.83. The number of hydrogen-bond donors (Lipinski definition) is 0. The minimum atomic E-state index is 0.509. The molecule has 0 unspecified atom stereocenters. The zero-order valence-electron chi connectivity index (χ0n) is 6.32. The maximum Gasteiger partial charge on any atom is 0.172 e. The molecule has 1 aliphatic rings. The van der Waals surface area contributed by atoms with Gasteiger partial charge in [-0.3, -0.25) is 9.48 Å². The van der Waals surface area contributed by atoms with Crippen LogP contribution in [0.4, 0.5) is 0 Å². The molecule has 4 heteroatoms. The Morgan fingerprint density at radius 2 is 2.36 bits per heavy atom. The van der Waals surface area contributed by atoms with Crippen LogP contribution in [0.25, 0.3) is 0 Å². The van der Waals surface area contributed by atoms with Crippen molar-refractivity contribution in [1.82, 2.24) is 15.0 Å². The van der Waals surface area contributed by atoms with Crippen LogP contribution in [0.3, 0.4) is 0 Å². The number of rotatable bonds is 2. The topological polar surface area (TPSA) is 47.8 Å². The van der Waals surface area contributed by atoms with Crippen LogP contribution in [0, 0.1) is 0 Å². The van der Waals surface area contributed by atoms with Gasteiger partial charge in [-0.15, -0.1) is 5.10 Å². The van der Waals surface area contributed by atoms with E-state index in [1.54, 1.807) is 4.68 Å². The largest absolute Gasteiger partial charge is 0.296 e. The van der Waals surface area contributed by atoms with Gasteiger partial charge >= 0.3 is 0 Å². The zero-order valence-corrected chi connectivity index (χ0v) is 6.32. The lowest BCUT2D eigenvalue weighted by Crippen LogP contribution is -1.97. The van der Waals surface area contributed by atoms with E-state index in [1.165, 1.54) is 12.8 Å². The molecule has 0 N–H and O–H groups in total. The first-order chi connectivity index (χ1) is 5.33. The highest BCUT2D eigenvalue weighted by Gasteiger charge is 2.30. The van der Waals surface area contributed by atoms with Gasteiger partial charge in [-0.2, -0.15) is 0 Å². The molecular weight excluding hydrogens is 142 g/mol. The molecule has 0 amide bonds. The van der Waals surface area contributed by atoms with E-state index in [4.69, 9.17) is 0 Å². The standard InChI is InChI=1S/C7H9N3O/c1-10-7(5-2-3-5)6(4-11)8-9-10/h4-5H,2-3H2,1H3. The fourth-order valence-electron chi connectivity index (χ4n) is 1.29. The van der Waals surface area contributed by atoms with Crippen LogP contribution in [0.2, 0.25) is 0 Å². The first-order valence-electron chi connectivity index (χ1n) is 3.67. The third-order valence-electron chi connectivity index (χ3n) is 1.97. The van der Waals surface area contributed by atoms with E-state index in [0.29, 0.717) is 11.6 Å². The monoisotopic (exact) mass is 151 g/mol. The second-order valence-electron chi connectivity index (χ2n) is 2.88. The molecule has 11 heavy (non-hydrogen) atoms. The average Bonchev–Trinajstić information content (AvgIpc) is 2.76. The predicted octanol–water partition coefficient (Wildman–Crippen LogP) is 0.505. The van der Waals surface area contributed by atoms with Crippen LogP contribution in [-0.2, 0) is 7.05 Å². The van der Waals surface area contributed by atoms with Crippen LogP contribution in [-0.4, -0.2) is 21.3 Å². The lowest BCUT2D eigenvalue weighted by atomic mass is 10.2. The van der Waals surface area contributed by atoms with E-state index >= 15 is 0 Å². The van der Waals surface area contributed by atoms with E-state index in [2.05, 4.69) is 10.3 Å². The third kappa shape index (κ3) is 0.943. The summed E-state index contributed by atoms with van der Waals surface area (Å²) in [6.07, 6.45) is 3.12. The van der Waals surface area contributed by atoms with Crippen molar-refractivity contribution in [2.45, 2.75) is 18.8 Å². The lowest BCUT2D eigenvalue weighted by Gasteiger charge is -1.95. The van der Waals surface area contributed by atoms with E-state index in [9.17, 15) is 4.79 Å². The molecule has 1 aliphatic carbocycles. The van der Waals surface area contributed by atoms with Crippen molar-refractivity contribution in [3.05, 3.63) is 11.4 Å². The van der Waals surface area contributed by atoms with Gasteiger partial charge in [0.2, 0.25) is 0 Å². The van der Waals surface area contributed by atoms with Gasteiger partial charge in [0.05, 0.1) is 5.69 Å². The second-order valence-corrected chi connectivity index (χ2v) is 2.88. The zero-order chi connectivity index (χ0) is 7.84. The highest BCUT2D eigenvalue weighted by Crippen LogP contribution is 2.40. The van der Waals surface area contributed by atoms with Gasteiger partial charge in [-0.25, -0.2) is 0 Å². The van der Waals surface area contributed by atoms with Gasteiger partial charge in [0.1, 0.15) is 5.69 Å². The molecule has 0 aliphatic heterocycles. The van der Waals surface area contributed by atoms with Crippen molar-refractivity contribution in [3.63, 3.8) is 0 Å². The first kappa shape index (κ1) is 6.52. The molecule has 58 valence electrons. The molecule has 0 atom stereocenters. The molecule has 0 bridgehead atoms. The van der Waals surface area contributed by atoms with Crippen LogP contribution < -0.4 is 0 Å². The Morgan fingerprint density at radius 3 is 2.91 bits per heavy atom. The smallest absolute Gasteiger partial charge is 0.172 e. The quantitative estimate of drug-likeness (QED) is 0.578. The fraction of sp³-hybridized carbons (Fsp3) is 0.571. The Morgan fingerprint density at radius 1 is 1.64 bits per heavy atom. The van der Waals surface area contributed by atoms with Crippen LogP contribution in [0.5, 0.6) is 0 Å². The maximum absolute atomic E-state index is 10.5. The molecule has 2 rings (SSSR count). The van der Waals surface area contributed by atoms with Crippen molar-refractivity contribution < 1.29 is 4.79 Å². The summed E-state index contributed by atoms with van der Waals surface area (Å²) >= 11 is 0. The molecule has 0 aromatic carbocycles. The van der Waals surface area contributed by atoms with Gasteiger partial charge in [0, 0.05) is 13.0 Å². The summed E-state index contributed by atoms with van der Waals surface area (Å²) < 4.78 is 1.70. The van der Waals surface area contributed by atoms with Gasteiger partial charge in [-0.1, -0.05) is 5.21 Å². The number of aromatic nitrogens is 3. The molecule has 1 fully saturated rings. The van der Waals surface area contributed by atoms with E-state index < -0.39 is 0 Å². The summed E-state index contributed by atoms with van der Waals surface area (Å²) in [5.74, 6) is 0.537. The minimum Gasteiger partial charge on any atom is -0.296 e. The normalized spacial score (nSPS) is 16.8. The summed E-state index contributed by atoms with van der Waals surface area (Å²) in [4.78, 5) is 10.5. The van der Waals surface area contributed by atoms with Gasteiger partial charge in [0.15, 0.2) is 6.29 Å². The van der Waals surface area contributed by atoms with Gasteiger partial charge in [-0.05, 0) is 12.8 Å². The number of hydrogen-bond acceptors (Lipinski definition) is 3. The Labute approximate surface area is 64.2 Å². The summed E-state index contributed by atoms with van der Waals surface area (Å²) in [5.41, 5.74) is 1.51. The number of carbonyl (C=O) groups excluding carboxylic acids is 1. The molecule has 1 aromatic heterocycles. The van der Waals surface area contributed by atoms with Crippen molar-refractivity contribution >= 4 is 6.29 Å².